The number of hydrogen-bond donors (Lipinski definition) is 2. The molecule has 0 aromatic heterocycles. The van der Waals surface area contributed by atoms with E-state index in [2.05, 4.69) is 41.5 Å². The molecule has 2 heterocycles. The number of rotatable bonds is 4. The fourth-order valence-corrected chi connectivity index (χ4v) is 3.14. The van der Waals surface area contributed by atoms with Gasteiger partial charge < -0.3 is 20.4 Å². The van der Waals surface area contributed by atoms with E-state index in [0.29, 0.717) is 12.5 Å². The van der Waals surface area contributed by atoms with Crippen LogP contribution in [0.3, 0.4) is 0 Å². The Morgan fingerprint density at radius 1 is 1.26 bits per heavy atom. The Hall–Kier alpha value is -1.34. The van der Waals surface area contributed by atoms with E-state index in [9.17, 15) is 4.79 Å². The van der Waals surface area contributed by atoms with Gasteiger partial charge in [-0.05, 0) is 27.4 Å². The molecule has 0 bridgehead atoms. The standard InChI is InChI=1S/C16H32N6O/c1-5-17-16(19-13-6-7-15(23)22(4)11-13)18-10-14-12-20(2)8-9-21(14)3/h13-14H,5-12H2,1-4H3,(H2,17,18,19). The second-order valence-electron chi connectivity index (χ2n) is 6.77. The Kier molecular flexibility index (Phi) is 6.65. The van der Waals surface area contributed by atoms with Crippen molar-refractivity contribution in [1.29, 1.82) is 0 Å². The third-order valence-corrected chi connectivity index (χ3v) is 4.75. The molecular formula is C16H32N6O. The van der Waals surface area contributed by atoms with Crippen LogP contribution in [0.15, 0.2) is 4.99 Å². The molecule has 2 aliphatic rings. The molecule has 2 saturated heterocycles. The molecule has 2 fully saturated rings. The molecule has 0 aliphatic carbocycles. The van der Waals surface area contributed by atoms with Crippen LogP contribution in [0.25, 0.3) is 0 Å². The fourth-order valence-electron chi connectivity index (χ4n) is 3.14. The van der Waals surface area contributed by atoms with E-state index >= 15 is 0 Å². The first kappa shape index (κ1) is 18.0. The number of carbonyl (C=O) groups is 1. The van der Waals surface area contributed by atoms with Crippen molar-refractivity contribution in [3.63, 3.8) is 0 Å². The van der Waals surface area contributed by atoms with E-state index in [1.807, 2.05) is 7.05 Å². The summed E-state index contributed by atoms with van der Waals surface area (Å²) >= 11 is 0. The number of carbonyl (C=O) groups excluding carboxylic acids is 1. The number of nitrogens with zero attached hydrogens (tertiary/aromatic N) is 4. The molecule has 1 amide bonds. The average Bonchev–Trinajstić information content (AvgIpc) is 2.52. The lowest BCUT2D eigenvalue weighted by Crippen LogP contribution is -2.53. The quantitative estimate of drug-likeness (QED) is 0.535. The third kappa shape index (κ3) is 5.35. The normalized spacial score (nSPS) is 28.1. The summed E-state index contributed by atoms with van der Waals surface area (Å²) in [5, 5.41) is 6.81. The van der Waals surface area contributed by atoms with Crippen LogP contribution in [0.2, 0.25) is 0 Å². The highest BCUT2D eigenvalue weighted by molar-refractivity contribution is 5.81. The van der Waals surface area contributed by atoms with Crippen LogP contribution >= 0.6 is 0 Å². The minimum atomic E-state index is 0.233. The molecule has 7 heteroatoms. The van der Waals surface area contributed by atoms with Crippen molar-refractivity contribution < 1.29 is 4.79 Å². The summed E-state index contributed by atoms with van der Waals surface area (Å²) in [6, 6.07) is 0.738. The Labute approximate surface area is 140 Å². The molecule has 132 valence electrons. The molecule has 0 aromatic carbocycles. The van der Waals surface area contributed by atoms with Crippen LogP contribution in [0.4, 0.5) is 0 Å². The Bertz CT molecular complexity index is 427. The van der Waals surface area contributed by atoms with Crippen LogP contribution in [-0.4, -0.2) is 99.1 Å². The topological polar surface area (TPSA) is 63.2 Å². The first-order valence-electron chi connectivity index (χ1n) is 8.67. The van der Waals surface area contributed by atoms with Gasteiger partial charge >= 0.3 is 0 Å². The number of likely N-dealkylation sites (tertiary alicyclic amines) is 1. The molecule has 0 radical (unpaired) electrons. The van der Waals surface area contributed by atoms with Gasteiger partial charge in [-0.25, -0.2) is 0 Å². The van der Waals surface area contributed by atoms with Gasteiger partial charge in [-0.2, -0.15) is 0 Å². The molecule has 7 nitrogen and oxygen atoms in total. The highest BCUT2D eigenvalue weighted by Gasteiger charge is 2.24. The maximum absolute atomic E-state index is 11.6. The van der Waals surface area contributed by atoms with Crippen LogP contribution in [0.5, 0.6) is 0 Å². The molecule has 2 unspecified atom stereocenters. The van der Waals surface area contributed by atoms with Crippen molar-refractivity contribution in [2.24, 2.45) is 4.99 Å². The first-order valence-corrected chi connectivity index (χ1v) is 8.67. The highest BCUT2D eigenvalue weighted by atomic mass is 16.2. The summed E-state index contributed by atoms with van der Waals surface area (Å²) < 4.78 is 0. The summed E-state index contributed by atoms with van der Waals surface area (Å²) in [5.41, 5.74) is 0. The van der Waals surface area contributed by atoms with Gasteiger partial charge in [0.25, 0.3) is 0 Å². The predicted molar refractivity (Wildman–Crippen MR) is 93.7 cm³/mol. The molecule has 23 heavy (non-hydrogen) atoms. The summed E-state index contributed by atoms with van der Waals surface area (Å²) in [7, 11) is 6.21. The highest BCUT2D eigenvalue weighted by Crippen LogP contribution is 2.10. The summed E-state index contributed by atoms with van der Waals surface area (Å²) in [4.78, 5) is 22.9. The number of amides is 1. The lowest BCUT2D eigenvalue weighted by Gasteiger charge is -2.37. The average molecular weight is 324 g/mol. The van der Waals surface area contributed by atoms with Crippen molar-refractivity contribution in [1.82, 2.24) is 25.3 Å². The maximum Gasteiger partial charge on any atom is 0.222 e. The van der Waals surface area contributed by atoms with E-state index in [1.54, 1.807) is 4.90 Å². The monoisotopic (exact) mass is 324 g/mol. The zero-order chi connectivity index (χ0) is 16.8. The van der Waals surface area contributed by atoms with Gasteiger partial charge in [-0.15, -0.1) is 0 Å². The number of aliphatic imine (C=N–C) groups is 1. The molecule has 2 atom stereocenters. The Morgan fingerprint density at radius 3 is 2.74 bits per heavy atom. The zero-order valence-corrected chi connectivity index (χ0v) is 15.0. The van der Waals surface area contributed by atoms with Gasteiger partial charge in [0.05, 0.1) is 6.54 Å². The van der Waals surface area contributed by atoms with E-state index in [1.165, 1.54) is 0 Å². The van der Waals surface area contributed by atoms with Crippen molar-refractivity contribution in [2.75, 3.05) is 60.4 Å². The fraction of sp³-hybridized carbons (Fsp3) is 0.875. The Morgan fingerprint density at radius 2 is 2.04 bits per heavy atom. The first-order chi connectivity index (χ1) is 11.0. The lowest BCUT2D eigenvalue weighted by molar-refractivity contribution is -0.132. The van der Waals surface area contributed by atoms with Gasteiger partial charge in [0.15, 0.2) is 5.96 Å². The van der Waals surface area contributed by atoms with Gasteiger partial charge in [0, 0.05) is 58.3 Å². The van der Waals surface area contributed by atoms with Crippen molar-refractivity contribution >= 4 is 11.9 Å². The van der Waals surface area contributed by atoms with E-state index < -0.39 is 0 Å². The van der Waals surface area contributed by atoms with Crippen LogP contribution < -0.4 is 10.6 Å². The number of guanidine groups is 1. The number of hydrogen-bond acceptors (Lipinski definition) is 4. The molecule has 2 N–H and O–H groups in total. The Balaban J connectivity index is 1.90. The zero-order valence-electron chi connectivity index (χ0n) is 15.0. The minimum absolute atomic E-state index is 0.233. The molecule has 0 aromatic rings. The molecule has 0 spiro atoms. The van der Waals surface area contributed by atoms with Crippen molar-refractivity contribution in [2.45, 2.75) is 31.8 Å². The van der Waals surface area contributed by atoms with Crippen LogP contribution in [0, 0.1) is 0 Å². The summed E-state index contributed by atoms with van der Waals surface area (Å²) in [6.07, 6.45) is 1.49. The van der Waals surface area contributed by atoms with Crippen LogP contribution in [0.1, 0.15) is 19.8 Å². The van der Waals surface area contributed by atoms with Crippen molar-refractivity contribution in [3.05, 3.63) is 0 Å². The minimum Gasteiger partial charge on any atom is -0.357 e. The second kappa shape index (κ2) is 8.49. The van der Waals surface area contributed by atoms with Crippen LogP contribution in [-0.2, 0) is 4.79 Å². The number of nitrogens with one attached hydrogen (secondary N) is 2. The maximum atomic E-state index is 11.6. The van der Waals surface area contributed by atoms with E-state index in [4.69, 9.17) is 4.99 Å². The third-order valence-electron chi connectivity index (χ3n) is 4.75. The molecule has 0 saturated carbocycles. The van der Waals surface area contributed by atoms with E-state index in [-0.39, 0.29) is 11.9 Å². The van der Waals surface area contributed by atoms with E-state index in [0.717, 1.165) is 51.6 Å². The van der Waals surface area contributed by atoms with Gasteiger partial charge in [-0.1, -0.05) is 0 Å². The van der Waals surface area contributed by atoms with Gasteiger partial charge in [0.2, 0.25) is 5.91 Å². The predicted octanol–water partition coefficient (Wildman–Crippen LogP) is -0.592. The van der Waals surface area contributed by atoms with Gasteiger partial charge in [-0.3, -0.25) is 14.7 Å². The molecule has 2 rings (SSSR count). The van der Waals surface area contributed by atoms with Crippen molar-refractivity contribution in [3.8, 4) is 0 Å². The number of piperidine rings is 1. The smallest absolute Gasteiger partial charge is 0.222 e. The second-order valence-corrected chi connectivity index (χ2v) is 6.77. The molecule has 2 aliphatic heterocycles. The SMILES string of the molecule is CCNC(=NCC1CN(C)CCN1C)NC1CCC(=O)N(C)C1. The summed E-state index contributed by atoms with van der Waals surface area (Å²) in [6.45, 7) is 7.72. The summed E-state index contributed by atoms with van der Waals surface area (Å²) in [5.74, 6) is 1.10. The van der Waals surface area contributed by atoms with Gasteiger partial charge in [0.1, 0.15) is 0 Å². The molecular weight excluding hydrogens is 292 g/mol. The number of piperazine rings is 1. The largest absolute Gasteiger partial charge is 0.357 e. The lowest BCUT2D eigenvalue weighted by atomic mass is 10.1. The number of likely N-dealkylation sites (N-methyl/N-ethyl adjacent to an activating group) is 3.